The average Bonchev–Trinajstić information content (AvgIpc) is 2.70. The van der Waals surface area contributed by atoms with E-state index in [1.165, 1.54) is 0 Å². The fourth-order valence-electron chi connectivity index (χ4n) is 1.73. The second-order valence-electron chi connectivity index (χ2n) is 3.85. The molecule has 1 unspecified atom stereocenters. The van der Waals surface area contributed by atoms with Crippen LogP contribution in [0.25, 0.3) is 0 Å². The summed E-state index contributed by atoms with van der Waals surface area (Å²) < 4.78 is 0. The average molecular weight is 205 g/mol. The molecule has 1 aromatic rings. The fourth-order valence-corrected chi connectivity index (χ4v) is 1.73. The Morgan fingerprint density at radius 3 is 3.20 bits per heavy atom. The van der Waals surface area contributed by atoms with E-state index in [1.807, 2.05) is 6.92 Å². The smallest absolute Gasteiger partial charge is 0.251 e. The Kier molecular flexibility index (Phi) is 2.97. The quantitative estimate of drug-likeness (QED) is 0.738. The van der Waals surface area contributed by atoms with Crippen LogP contribution in [0.5, 0.6) is 0 Å². The maximum Gasteiger partial charge on any atom is 0.251 e. The van der Waals surface area contributed by atoms with E-state index in [0.717, 1.165) is 25.2 Å². The summed E-state index contributed by atoms with van der Waals surface area (Å²) in [6.07, 6.45) is 2.67. The number of aromatic nitrogens is 1. The van der Waals surface area contributed by atoms with Crippen molar-refractivity contribution in [2.24, 2.45) is 0 Å². The summed E-state index contributed by atoms with van der Waals surface area (Å²) in [6, 6.07) is 3.81. The summed E-state index contributed by atoms with van der Waals surface area (Å²) in [5.41, 5.74) is 1.56. The molecule has 80 valence electrons. The maximum absolute atomic E-state index is 11.8. The fraction of sp³-hybridized carbons (Fsp3) is 0.455. The minimum atomic E-state index is -0.00537. The number of pyridine rings is 1. The van der Waals surface area contributed by atoms with Gasteiger partial charge in [0.05, 0.1) is 0 Å². The molecule has 2 N–H and O–H groups in total. The lowest BCUT2D eigenvalue weighted by Crippen LogP contribution is -2.36. The highest BCUT2D eigenvalue weighted by atomic mass is 16.1. The van der Waals surface area contributed by atoms with E-state index in [9.17, 15) is 4.79 Å². The van der Waals surface area contributed by atoms with Crippen LogP contribution < -0.4 is 10.6 Å². The van der Waals surface area contributed by atoms with Gasteiger partial charge < -0.3 is 10.6 Å². The van der Waals surface area contributed by atoms with E-state index in [-0.39, 0.29) is 11.9 Å². The Morgan fingerprint density at radius 2 is 2.53 bits per heavy atom. The number of aryl methyl sites for hydroxylation is 1. The van der Waals surface area contributed by atoms with E-state index < -0.39 is 0 Å². The van der Waals surface area contributed by atoms with Crippen molar-refractivity contribution < 1.29 is 4.79 Å². The zero-order valence-corrected chi connectivity index (χ0v) is 8.79. The van der Waals surface area contributed by atoms with Gasteiger partial charge in [-0.3, -0.25) is 9.78 Å². The van der Waals surface area contributed by atoms with E-state index in [0.29, 0.717) is 5.56 Å². The number of nitrogens with zero attached hydrogens (tertiary/aromatic N) is 1. The first-order chi connectivity index (χ1) is 7.25. The van der Waals surface area contributed by atoms with Gasteiger partial charge in [-0.2, -0.15) is 0 Å². The Bertz CT molecular complexity index is 359. The van der Waals surface area contributed by atoms with Gasteiger partial charge in [-0.05, 0) is 32.0 Å². The van der Waals surface area contributed by atoms with Crippen molar-refractivity contribution in [1.29, 1.82) is 0 Å². The molecule has 1 amide bonds. The van der Waals surface area contributed by atoms with Crippen molar-refractivity contribution in [3.05, 3.63) is 29.6 Å². The molecular formula is C11H15N3O. The lowest BCUT2D eigenvalue weighted by atomic mass is 10.2. The summed E-state index contributed by atoms with van der Waals surface area (Å²) in [5.74, 6) is -0.00537. The van der Waals surface area contributed by atoms with Crippen LogP contribution in [-0.2, 0) is 0 Å². The summed E-state index contributed by atoms with van der Waals surface area (Å²) in [4.78, 5) is 15.8. The number of nitrogens with one attached hydrogen (secondary N) is 2. The highest BCUT2D eigenvalue weighted by Gasteiger charge is 2.17. The minimum Gasteiger partial charge on any atom is -0.348 e. The van der Waals surface area contributed by atoms with E-state index in [2.05, 4.69) is 15.6 Å². The molecule has 1 atom stereocenters. The molecule has 4 heteroatoms. The molecule has 0 aromatic carbocycles. The molecule has 0 bridgehead atoms. The Balaban J connectivity index is 2.01. The summed E-state index contributed by atoms with van der Waals surface area (Å²) in [7, 11) is 0. The topological polar surface area (TPSA) is 54.0 Å². The molecule has 1 aliphatic rings. The number of amides is 1. The monoisotopic (exact) mass is 205 g/mol. The number of hydrogen-bond acceptors (Lipinski definition) is 3. The van der Waals surface area contributed by atoms with Gasteiger partial charge in [-0.1, -0.05) is 0 Å². The van der Waals surface area contributed by atoms with Crippen LogP contribution in [0.15, 0.2) is 18.3 Å². The molecule has 15 heavy (non-hydrogen) atoms. The van der Waals surface area contributed by atoms with Crippen molar-refractivity contribution in [3.63, 3.8) is 0 Å². The Hall–Kier alpha value is -1.42. The lowest BCUT2D eigenvalue weighted by Gasteiger charge is -2.11. The van der Waals surface area contributed by atoms with Crippen molar-refractivity contribution >= 4 is 5.91 Å². The van der Waals surface area contributed by atoms with Crippen LogP contribution in [0.2, 0.25) is 0 Å². The highest BCUT2D eigenvalue weighted by Crippen LogP contribution is 2.03. The SMILES string of the molecule is Cc1cc(C(=O)NC2CCNC2)ccn1. The second kappa shape index (κ2) is 4.40. The predicted molar refractivity (Wildman–Crippen MR) is 57.7 cm³/mol. The zero-order chi connectivity index (χ0) is 10.7. The van der Waals surface area contributed by atoms with Gasteiger partial charge in [0.2, 0.25) is 0 Å². The second-order valence-corrected chi connectivity index (χ2v) is 3.85. The molecule has 0 aliphatic carbocycles. The first kappa shape index (κ1) is 10.1. The van der Waals surface area contributed by atoms with Crippen LogP contribution in [0.4, 0.5) is 0 Å². The first-order valence-electron chi connectivity index (χ1n) is 5.20. The molecule has 2 rings (SSSR count). The van der Waals surface area contributed by atoms with Gasteiger partial charge in [0.25, 0.3) is 5.91 Å². The van der Waals surface area contributed by atoms with Gasteiger partial charge in [0.1, 0.15) is 0 Å². The van der Waals surface area contributed by atoms with Gasteiger partial charge in [-0.15, -0.1) is 0 Å². The normalized spacial score (nSPS) is 20.2. The van der Waals surface area contributed by atoms with Gasteiger partial charge >= 0.3 is 0 Å². The summed E-state index contributed by atoms with van der Waals surface area (Å²) in [5, 5.41) is 6.21. The molecular weight excluding hydrogens is 190 g/mol. The summed E-state index contributed by atoms with van der Waals surface area (Å²) in [6.45, 7) is 3.74. The first-order valence-corrected chi connectivity index (χ1v) is 5.20. The van der Waals surface area contributed by atoms with Crippen LogP contribution >= 0.6 is 0 Å². The van der Waals surface area contributed by atoms with Crippen molar-refractivity contribution in [2.75, 3.05) is 13.1 Å². The molecule has 0 saturated carbocycles. The minimum absolute atomic E-state index is 0.00537. The van der Waals surface area contributed by atoms with Crippen molar-refractivity contribution in [3.8, 4) is 0 Å². The van der Waals surface area contributed by atoms with Crippen LogP contribution in [0.3, 0.4) is 0 Å². The van der Waals surface area contributed by atoms with Gasteiger partial charge in [0.15, 0.2) is 0 Å². The van der Waals surface area contributed by atoms with Crippen LogP contribution in [0, 0.1) is 6.92 Å². The van der Waals surface area contributed by atoms with Gasteiger partial charge in [-0.25, -0.2) is 0 Å². The Labute approximate surface area is 89.1 Å². The molecule has 1 saturated heterocycles. The number of carbonyl (C=O) groups is 1. The van der Waals surface area contributed by atoms with Crippen molar-refractivity contribution in [1.82, 2.24) is 15.6 Å². The molecule has 4 nitrogen and oxygen atoms in total. The zero-order valence-electron chi connectivity index (χ0n) is 8.79. The van der Waals surface area contributed by atoms with E-state index in [4.69, 9.17) is 0 Å². The van der Waals surface area contributed by atoms with Crippen LogP contribution in [-0.4, -0.2) is 30.0 Å². The van der Waals surface area contributed by atoms with Crippen molar-refractivity contribution in [2.45, 2.75) is 19.4 Å². The molecule has 2 heterocycles. The highest BCUT2D eigenvalue weighted by molar-refractivity contribution is 5.94. The molecule has 0 spiro atoms. The van der Waals surface area contributed by atoms with Crippen LogP contribution in [0.1, 0.15) is 22.5 Å². The lowest BCUT2D eigenvalue weighted by molar-refractivity contribution is 0.0940. The predicted octanol–water partition coefficient (Wildman–Crippen LogP) is 0.482. The third-order valence-electron chi connectivity index (χ3n) is 2.55. The molecule has 0 radical (unpaired) electrons. The number of rotatable bonds is 2. The largest absolute Gasteiger partial charge is 0.348 e. The maximum atomic E-state index is 11.8. The third-order valence-corrected chi connectivity index (χ3v) is 2.55. The van der Waals surface area contributed by atoms with E-state index >= 15 is 0 Å². The number of hydrogen-bond donors (Lipinski definition) is 2. The Morgan fingerprint density at radius 1 is 1.67 bits per heavy atom. The van der Waals surface area contributed by atoms with Gasteiger partial charge in [0, 0.05) is 30.0 Å². The molecule has 1 aromatic heterocycles. The molecule has 1 fully saturated rings. The summed E-state index contributed by atoms with van der Waals surface area (Å²) >= 11 is 0. The van der Waals surface area contributed by atoms with E-state index in [1.54, 1.807) is 18.3 Å². The molecule has 1 aliphatic heterocycles. The third kappa shape index (κ3) is 2.53. The number of carbonyl (C=O) groups excluding carboxylic acids is 1. The standard InChI is InChI=1S/C11H15N3O/c1-8-6-9(2-5-13-8)11(15)14-10-3-4-12-7-10/h2,5-6,10,12H,3-4,7H2,1H3,(H,14,15).